The Kier molecular flexibility index (Phi) is 2.94. The molecule has 0 saturated heterocycles. The summed E-state index contributed by atoms with van der Waals surface area (Å²) in [6, 6.07) is 7.55. The second-order valence-electron chi connectivity index (χ2n) is 3.46. The Morgan fingerprint density at radius 2 is 2.07 bits per heavy atom. The summed E-state index contributed by atoms with van der Waals surface area (Å²) in [6.07, 6.45) is 1.57. The minimum atomic E-state index is -0.0883. The predicted octanol–water partition coefficient (Wildman–Crippen LogP) is 1.92. The van der Waals surface area contributed by atoms with Crippen LogP contribution in [-0.4, -0.2) is 19.6 Å². The van der Waals surface area contributed by atoms with E-state index in [1.54, 1.807) is 0 Å². The van der Waals surface area contributed by atoms with Gasteiger partial charge in [-0.25, -0.2) is 0 Å². The molecule has 78 valence electrons. The summed E-state index contributed by atoms with van der Waals surface area (Å²) in [5.41, 5.74) is 0.634. The molecule has 1 heterocycles. The van der Waals surface area contributed by atoms with Crippen LogP contribution >= 0.6 is 0 Å². The molecular weight excluding hydrogens is 255 g/mol. The van der Waals surface area contributed by atoms with E-state index in [9.17, 15) is 9.90 Å². The molecule has 0 bridgehead atoms. The minimum absolute atomic E-state index is 0.0121. The van der Waals surface area contributed by atoms with Gasteiger partial charge in [0.15, 0.2) is 0 Å². The van der Waals surface area contributed by atoms with E-state index in [-0.39, 0.29) is 19.9 Å². The molecule has 0 atom stereocenters. The summed E-state index contributed by atoms with van der Waals surface area (Å²) in [4.78, 5) is 12.0. The van der Waals surface area contributed by atoms with Gasteiger partial charge in [-0.2, -0.15) is 0 Å². The van der Waals surface area contributed by atoms with Gasteiger partial charge in [-0.05, 0) is 0 Å². The molecule has 0 aliphatic heterocycles. The summed E-state index contributed by atoms with van der Waals surface area (Å²) in [5.74, 6) is 0. The van der Waals surface area contributed by atoms with Gasteiger partial charge in [-0.1, -0.05) is 0 Å². The average Bonchev–Trinajstić information content (AvgIpc) is 2.24. The van der Waals surface area contributed by atoms with Crippen molar-refractivity contribution in [1.29, 1.82) is 0 Å². The third kappa shape index (κ3) is 1.85. The molecule has 15 heavy (non-hydrogen) atoms. The number of hydrogen-bond donors (Lipinski definition) is 1. The van der Waals surface area contributed by atoms with Crippen molar-refractivity contribution in [2.45, 2.75) is 19.8 Å². The first-order valence-electron chi connectivity index (χ1n) is 4.97. The molecular formula is C12H12O2Se. The molecule has 0 saturated carbocycles. The molecule has 1 N–H and O–H groups in total. The van der Waals surface area contributed by atoms with E-state index in [0.29, 0.717) is 16.6 Å². The summed E-state index contributed by atoms with van der Waals surface area (Å²) in [6.45, 7) is 2.01. The maximum absolute atomic E-state index is 12.0. The first kappa shape index (κ1) is 10.5. The fraction of sp³-hybridized carbons (Fsp3) is 0.250. The van der Waals surface area contributed by atoms with E-state index in [1.807, 2.05) is 31.2 Å². The van der Waals surface area contributed by atoms with Gasteiger partial charge in [0.1, 0.15) is 0 Å². The van der Waals surface area contributed by atoms with E-state index in [1.165, 1.54) is 0 Å². The van der Waals surface area contributed by atoms with Crippen molar-refractivity contribution in [3.05, 3.63) is 40.1 Å². The zero-order chi connectivity index (χ0) is 10.8. The van der Waals surface area contributed by atoms with Crippen molar-refractivity contribution >= 4 is 24.1 Å². The topological polar surface area (TPSA) is 37.3 Å². The van der Waals surface area contributed by atoms with Crippen LogP contribution in [0.3, 0.4) is 0 Å². The van der Waals surface area contributed by atoms with Gasteiger partial charge in [0.25, 0.3) is 0 Å². The molecule has 0 aliphatic carbocycles. The van der Waals surface area contributed by atoms with Crippen LogP contribution < -0.4 is 5.43 Å². The molecule has 0 radical (unpaired) electrons. The Hall–Kier alpha value is -1.05. The van der Waals surface area contributed by atoms with Crippen molar-refractivity contribution in [2.24, 2.45) is 0 Å². The van der Waals surface area contributed by atoms with Crippen LogP contribution in [0.15, 0.2) is 29.1 Å². The average molecular weight is 267 g/mol. The van der Waals surface area contributed by atoms with Crippen molar-refractivity contribution in [2.75, 3.05) is 0 Å². The summed E-state index contributed by atoms with van der Waals surface area (Å²) in [5, 5.41) is 10.6. The SMILES string of the molecule is CCCc1c(O)[se]c2ccccc2c1=O. The number of aromatic hydroxyl groups is 1. The normalized spacial score (nSPS) is 10.7. The Labute approximate surface area is 93.9 Å². The number of fused-ring (bicyclic) bond motifs is 1. The molecule has 2 rings (SSSR count). The van der Waals surface area contributed by atoms with Gasteiger partial charge >= 0.3 is 93.7 Å². The first-order valence-corrected chi connectivity index (χ1v) is 6.69. The molecule has 2 nitrogen and oxygen atoms in total. The van der Waals surface area contributed by atoms with E-state index >= 15 is 0 Å². The number of hydrogen-bond acceptors (Lipinski definition) is 2. The van der Waals surface area contributed by atoms with E-state index in [4.69, 9.17) is 0 Å². The molecule has 3 heteroatoms. The third-order valence-corrected chi connectivity index (χ3v) is 4.50. The fourth-order valence-electron chi connectivity index (χ4n) is 1.64. The van der Waals surface area contributed by atoms with Gasteiger partial charge in [-0.15, -0.1) is 0 Å². The molecule has 0 unspecified atom stereocenters. The van der Waals surface area contributed by atoms with Crippen molar-refractivity contribution < 1.29 is 5.11 Å². The van der Waals surface area contributed by atoms with Crippen LogP contribution in [0.25, 0.3) is 9.65 Å². The van der Waals surface area contributed by atoms with Crippen molar-refractivity contribution in [3.8, 4) is 4.62 Å². The summed E-state index contributed by atoms with van der Waals surface area (Å²) in [7, 11) is 0. The molecule has 0 amide bonds. The van der Waals surface area contributed by atoms with Crippen LogP contribution in [0.1, 0.15) is 18.9 Å². The second-order valence-corrected chi connectivity index (χ2v) is 5.62. The molecule has 0 fully saturated rings. The summed E-state index contributed by atoms with van der Waals surface area (Å²) < 4.78 is 1.31. The Morgan fingerprint density at radius 3 is 2.80 bits per heavy atom. The van der Waals surface area contributed by atoms with Crippen LogP contribution in [0.2, 0.25) is 0 Å². The van der Waals surface area contributed by atoms with Gasteiger partial charge in [0, 0.05) is 0 Å². The van der Waals surface area contributed by atoms with Crippen molar-refractivity contribution in [1.82, 2.24) is 0 Å². The second kappa shape index (κ2) is 4.21. The summed E-state index contributed by atoms with van der Waals surface area (Å²) >= 11 is -0.0883. The van der Waals surface area contributed by atoms with E-state index < -0.39 is 0 Å². The predicted molar refractivity (Wildman–Crippen MR) is 62.8 cm³/mol. The van der Waals surface area contributed by atoms with Crippen LogP contribution in [-0.2, 0) is 6.42 Å². The third-order valence-electron chi connectivity index (χ3n) is 2.37. The molecule has 0 spiro atoms. The first-order chi connectivity index (χ1) is 7.24. The van der Waals surface area contributed by atoms with Crippen LogP contribution in [0.4, 0.5) is 0 Å². The van der Waals surface area contributed by atoms with Crippen molar-refractivity contribution in [3.63, 3.8) is 0 Å². The number of benzene rings is 1. The van der Waals surface area contributed by atoms with Gasteiger partial charge in [0.2, 0.25) is 0 Å². The molecule has 2 aromatic rings. The van der Waals surface area contributed by atoms with Gasteiger partial charge in [0.05, 0.1) is 0 Å². The Bertz CT molecular complexity index is 543. The van der Waals surface area contributed by atoms with Gasteiger partial charge < -0.3 is 0 Å². The fourth-order valence-corrected chi connectivity index (χ4v) is 3.62. The zero-order valence-electron chi connectivity index (χ0n) is 8.49. The molecule has 1 aromatic carbocycles. The zero-order valence-corrected chi connectivity index (χ0v) is 10.2. The number of rotatable bonds is 2. The Morgan fingerprint density at radius 1 is 1.33 bits per heavy atom. The van der Waals surface area contributed by atoms with Crippen LogP contribution in [0.5, 0.6) is 4.62 Å². The maximum atomic E-state index is 12.0. The van der Waals surface area contributed by atoms with Crippen LogP contribution in [0, 0.1) is 0 Å². The molecule has 0 aliphatic rings. The monoisotopic (exact) mass is 268 g/mol. The van der Waals surface area contributed by atoms with E-state index in [0.717, 1.165) is 16.1 Å². The Balaban J connectivity index is 2.78. The standard InChI is InChI=1S/C12H12O2Se/c1-2-5-9-11(13)8-6-3-4-7-10(8)15-12(9)14/h3-4,6-7,14H,2,5H2,1H3. The molecule has 1 aromatic heterocycles. The quantitative estimate of drug-likeness (QED) is 0.844. The van der Waals surface area contributed by atoms with E-state index in [2.05, 4.69) is 0 Å². The van der Waals surface area contributed by atoms with Gasteiger partial charge in [-0.3, -0.25) is 0 Å².